The van der Waals surface area contributed by atoms with E-state index in [1.807, 2.05) is 37.4 Å². The van der Waals surface area contributed by atoms with E-state index < -0.39 is 6.17 Å². The third kappa shape index (κ3) is 2.06. The Morgan fingerprint density at radius 1 is 1.27 bits per heavy atom. The molecule has 0 amide bonds. The minimum Gasteiger partial charge on any atom is -0.305 e. The van der Waals surface area contributed by atoms with Crippen LogP contribution in [0.15, 0.2) is 30.3 Å². The van der Waals surface area contributed by atoms with Crippen molar-refractivity contribution < 1.29 is 9.18 Å². The molecule has 2 atom stereocenters. The molecule has 3 heterocycles. The van der Waals surface area contributed by atoms with E-state index in [-0.39, 0.29) is 29.4 Å². The quantitative estimate of drug-likeness (QED) is 0.814. The largest absolute Gasteiger partial charge is 0.305 e. The average Bonchev–Trinajstić information content (AvgIpc) is 3.05. The van der Waals surface area contributed by atoms with Gasteiger partial charge in [0.15, 0.2) is 12.0 Å². The predicted molar refractivity (Wildman–Crippen MR) is 78.4 cm³/mol. The fraction of sp³-hybridized carbons (Fsp3) is 0.438. The average molecular weight is 300 g/mol. The molecule has 1 saturated heterocycles. The van der Waals surface area contributed by atoms with Crippen LogP contribution in [0.1, 0.15) is 40.6 Å². The lowest BCUT2D eigenvalue weighted by Crippen LogP contribution is -2.48. The smallest absolute Gasteiger partial charge is 0.218 e. The number of rotatable bonds is 3. The Kier molecular flexibility index (Phi) is 3.07. The Balaban J connectivity index is 1.64. The van der Waals surface area contributed by atoms with Gasteiger partial charge in [0.25, 0.3) is 0 Å². The molecule has 6 heteroatoms. The predicted octanol–water partition coefficient (Wildman–Crippen LogP) is 2.03. The van der Waals surface area contributed by atoms with Crippen molar-refractivity contribution in [2.75, 3.05) is 20.1 Å². The standard InChI is InChI=1S/C16H17FN4O/c1-20-8-11(9-20)14(22)15-18-16-12(17)7-13(21(16)19-15)10-5-3-2-4-6-10/h2-6,11-13H,7-9H2,1H3. The lowest BCUT2D eigenvalue weighted by atomic mass is 9.95. The van der Waals surface area contributed by atoms with Gasteiger partial charge in [-0.3, -0.25) is 4.79 Å². The molecule has 1 aromatic heterocycles. The molecule has 0 bridgehead atoms. The summed E-state index contributed by atoms with van der Waals surface area (Å²) in [5.74, 6) is 0.321. The molecule has 0 N–H and O–H groups in total. The first-order chi connectivity index (χ1) is 10.6. The Morgan fingerprint density at radius 3 is 2.68 bits per heavy atom. The third-order valence-corrected chi connectivity index (χ3v) is 4.50. The number of halogens is 1. The Morgan fingerprint density at radius 2 is 2.00 bits per heavy atom. The van der Waals surface area contributed by atoms with Crippen molar-refractivity contribution in [1.82, 2.24) is 19.7 Å². The van der Waals surface area contributed by atoms with Gasteiger partial charge < -0.3 is 4.90 Å². The van der Waals surface area contributed by atoms with E-state index in [1.165, 1.54) is 0 Å². The summed E-state index contributed by atoms with van der Waals surface area (Å²) in [6.45, 7) is 1.45. The summed E-state index contributed by atoms with van der Waals surface area (Å²) >= 11 is 0. The Hall–Kier alpha value is -2.08. The van der Waals surface area contributed by atoms with Crippen LogP contribution in [0.3, 0.4) is 0 Å². The molecular weight excluding hydrogens is 283 g/mol. The normalized spacial score (nSPS) is 25.0. The van der Waals surface area contributed by atoms with Gasteiger partial charge in [0.1, 0.15) is 0 Å². The van der Waals surface area contributed by atoms with E-state index in [0.717, 1.165) is 18.7 Å². The van der Waals surface area contributed by atoms with Crippen LogP contribution in [0.4, 0.5) is 4.39 Å². The van der Waals surface area contributed by atoms with E-state index >= 15 is 0 Å². The molecule has 2 aromatic rings. The second-order valence-electron chi connectivity index (χ2n) is 6.15. The van der Waals surface area contributed by atoms with E-state index in [2.05, 4.69) is 15.0 Å². The number of benzene rings is 1. The van der Waals surface area contributed by atoms with Gasteiger partial charge in [-0.25, -0.2) is 14.1 Å². The van der Waals surface area contributed by atoms with Gasteiger partial charge >= 0.3 is 0 Å². The zero-order valence-electron chi connectivity index (χ0n) is 12.3. The summed E-state index contributed by atoms with van der Waals surface area (Å²) < 4.78 is 15.8. The molecule has 114 valence electrons. The first-order valence-corrected chi connectivity index (χ1v) is 7.51. The zero-order chi connectivity index (χ0) is 15.3. The zero-order valence-corrected chi connectivity index (χ0v) is 12.3. The molecule has 4 rings (SSSR count). The highest BCUT2D eigenvalue weighted by Gasteiger charge is 2.39. The topological polar surface area (TPSA) is 51.0 Å². The lowest BCUT2D eigenvalue weighted by molar-refractivity contribution is 0.0690. The summed E-state index contributed by atoms with van der Waals surface area (Å²) in [5, 5.41) is 4.32. The van der Waals surface area contributed by atoms with Crippen LogP contribution in [-0.2, 0) is 0 Å². The lowest BCUT2D eigenvalue weighted by Gasteiger charge is -2.34. The molecule has 0 spiro atoms. The summed E-state index contributed by atoms with van der Waals surface area (Å²) in [4.78, 5) is 18.6. The van der Waals surface area contributed by atoms with E-state index in [9.17, 15) is 9.18 Å². The molecule has 0 aliphatic carbocycles. The number of hydrogen-bond donors (Lipinski definition) is 0. The van der Waals surface area contributed by atoms with Crippen molar-refractivity contribution in [3.8, 4) is 0 Å². The van der Waals surface area contributed by atoms with Crippen LogP contribution in [0.25, 0.3) is 0 Å². The summed E-state index contributed by atoms with van der Waals surface area (Å²) in [6.07, 6.45) is -0.830. The van der Waals surface area contributed by atoms with Crippen molar-refractivity contribution in [3.63, 3.8) is 0 Å². The maximum atomic E-state index is 14.2. The van der Waals surface area contributed by atoms with Gasteiger partial charge in [-0.2, -0.15) is 0 Å². The SMILES string of the molecule is CN1CC(C(=O)c2nc3n(n2)C(c2ccccc2)CC3F)C1. The number of ketones is 1. The van der Waals surface area contributed by atoms with Gasteiger partial charge in [0, 0.05) is 19.5 Å². The maximum Gasteiger partial charge on any atom is 0.218 e. The van der Waals surface area contributed by atoms with Gasteiger partial charge in [-0.1, -0.05) is 30.3 Å². The maximum absolute atomic E-state index is 14.2. The molecule has 1 fully saturated rings. The minimum atomic E-state index is -1.16. The second-order valence-corrected chi connectivity index (χ2v) is 6.15. The van der Waals surface area contributed by atoms with Crippen molar-refractivity contribution in [3.05, 3.63) is 47.5 Å². The first kappa shape index (κ1) is 13.6. The van der Waals surface area contributed by atoms with E-state index in [0.29, 0.717) is 6.42 Å². The number of alkyl halides is 1. The molecule has 5 nitrogen and oxygen atoms in total. The molecule has 2 unspecified atom stereocenters. The fourth-order valence-corrected chi connectivity index (χ4v) is 3.28. The van der Waals surface area contributed by atoms with Crippen LogP contribution in [0, 0.1) is 5.92 Å². The van der Waals surface area contributed by atoms with Crippen LogP contribution in [0.2, 0.25) is 0 Å². The van der Waals surface area contributed by atoms with Crippen LogP contribution >= 0.6 is 0 Å². The fourth-order valence-electron chi connectivity index (χ4n) is 3.28. The molecule has 2 aliphatic heterocycles. The Bertz CT molecular complexity index is 708. The van der Waals surface area contributed by atoms with Crippen LogP contribution in [0.5, 0.6) is 0 Å². The summed E-state index contributed by atoms with van der Waals surface area (Å²) in [7, 11) is 1.97. The van der Waals surface area contributed by atoms with Gasteiger partial charge in [0.2, 0.25) is 11.6 Å². The highest BCUT2D eigenvalue weighted by molar-refractivity contribution is 5.95. The molecule has 1 aromatic carbocycles. The number of fused-ring (bicyclic) bond motifs is 1. The van der Waals surface area contributed by atoms with Crippen LogP contribution < -0.4 is 0 Å². The van der Waals surface area contributed by atoms with Crippen molar-refractivity contribution in [1.29, 1.82) is 0 Å². The first-order valence-electron chi connectivity index (χ1n) is 7.51. The number of nitrogens with zero attached hydrogens (tertiary/aromatic N) is 4. The number of carbonyl (C=O) groups excluding carboxylic acids is 1. The monoisotopic (exact) mass is 300 g/mol. The number of Topliss-reactive ketones (excluding diaryl/α,β-unsaturated/α-hetero) is 1. The molecule has 22 heavy (non-hydrogen) atoms. The molecular formula is C16H17FN4O. The van der Waals surface area contributed by atoms with Gasteiger partial charge in [-0.05, 0) is 12.6 Å². The van der Waals surface area contributed by atoms with Crippen molar-refractivity contribution >= 4 is 5.78 Å². The number of likely N-dealkylation sites (tertiary alicyclic amines) is 1. The number of hydrogen-bond acceptors (Lipinski definition) is 4. The summed E-state index contributed by atoms with van der Waals surface area (Å²) in [6, 6.07) is 9.51. The highest BCUT2D eigenvalue weighted by Crippen LogP contribution is 2.39. The second kappa shape index (κ2) is 4.98. The molecule has 0 radical (unpaired) electrons. The van der Waals surface area contributed by atoms with Crippen molar-refractivity contribution in [2.24, 2.45) is 5.92 Å². The minimum absolute atomic E-state index is 0.0543. The van der Waals surface area contributed by atoms with E-state index in [4.69, 9.17) is 0 Å². The Labute approximate surface area is 127 Å². The number of carbonyl (C=O) groups is 1. The van der Waals surface area contributed by atoms with Crippen LogP contribution in [-0.4, -0.2) is 45.6 Å². The highest BCUT2D eigenvalue weighted by atomic mass is 19.1. The van der Waals surface area contributed by atoms with E-state index in [1.54, 1.807) is 4.68 Å². The van der Waals surface area contributed by atoms with Gasteiger partial charge in [-0.15, -0.1) is 5.10 Å². The van der Waals surface area contributed by atoms with Crippen molar-refractivity contribution in [2.45, 2.75) is 18.6 Å². The number of aromatic nitrogens is 3. The van der Waals surface area contributed by atoms with Gasteiger partial charge in [0.05, 0.1) is 12.0 Å². The molecule has 0 saturated carbocycles. The summed E-state index contributed by atoms with van der Waals surface area (Å²) in [5.41, 5.74) is 0.996. The molecule has 2 aliphatic rings. The third-order valence-electron chi connectivity index (χ3n) is 4.50.